The largest absolute Gasteiger partial charge is 0.382 e. The van der Waals surface area contributed by atoms with Crippen LogP contribution < -0.4 is 11.1 Å². The first-order valence-electron chi connectivity index (χ1n) is 5.23. The van der Waals surface area contributed by atoms with Gasteiger partial charge in [-0.25, -0.2) is 4.39 Å². The van der Waals surface area contributed by atoms with Gasteiger partial charge in [0.15, 0.2) is 0 Å². The average Bonchev–Trinajstić information content (AvgIpc) is 2.15. The van der Waals surface area contributed by atoms with E-state index < -0.39 is 5.67 Å². The molecule has 1 rings (SSSR count). The van der Waals surface area contributed by atoms with Crippen molar-refractivity contribution in [3.8, 4) is 0 Å². The number of rotatable bonds is 5. The Kier molecular flexibility index (Phi) is 4.09. The van der Waals surface area contributed by atoms with Crippen molar-refractivity contribution in [2.75, 3.05) is 18.4 Å². The smallest absolute Gasteiger partial charge is 0.122 e. The molecule has 0 radical (unpaired) electrons. The van der Waals surface area contributed by atoms with E-state index >= 15 is 0 Å². The van der Waals surface area contributed by atoms with Crippen LogP contribution in [0.2, 0.25) is 0 Å². The van der Waals surface area contributed by atoms with E-state index in [0.29, 0.717) is 13.1 Å². The number of benzene rings is 1. The predicted octanol–water partition coefficient (Wildman–Crippen LogP) is 2.35. The highest BCUT2D eigenvalue weighted by Gasteiger charge is 2.14. The number of hydrogen-bond acceptors (Lipinski definition) is 2. The lowest BCUT2D eigenvalue weighted by molar-refractivity contribution is 0.235. The van der Waals surface area contributed by atoms with Gasteiger partial charge in [0.25, 0.3) is 0 Å². The lowest BCUT2D eigenvalue weighted by Gasteiger charge is -2.16. The summed E-state index contributed by atoms with van der Waals surface area (Å²) < 4.78 is 13.2. The highest BCUT2D eigenvalue weighted by molar-refractivity contribution is 5.46. The number of hydrogen-bond donors (Lipinski definition) is 2. The number of anilines is 1. The molecule has 1 aromatic carbocycles. The van der Waals surface area contributed by atoms with Crippen LogP contribution in [0.25, 0.3) is 0 Å². The summed E-state index contributed by atoms with van der Waals surface area (Å²) >= 11 is 0. The molecule has 0 atom stereocenters. The normalized spacial score (nSPS) is 11.5. The first-order chi connectivity index (χ1) is 7.01. The third kappa shape index (κ3) is 4.79. The zero-order valence-electron chi connectivity index (χ0n) is 9.39. The summed E-state index contributed by atoms with van der Waals surface area (Å²) in [5, 5.41) is 3.07. The molecule has 0 aliphatic rings. The van der Waals surface area contributed by atoms with Gasteiger partial charge in [-0.2, -0.15) is 0 Å². The van der Waals surface area contributed by atoms with Crippen LogP contribution in [0.15, 0.2) is 24.3 Å². The molecule has 3 heteroatoms. The number of halogens is 1. The van der Waals surface area contributed by atoms with Crippen molar-refractivity contribution in [1.82, 2.24) is 0 Å². The summed E-state index contributed by atoms with van der Waals surface area (Å²) in [4.78, 5) is 0. The topological polar surface area (TPSA) is 38.0 Å². The van der Waals surface area contributed by atoms with Crippen LogP contribution in [-0.2, 0) is 6.42 Å². The van der Waals surface area contributed by atoms with Crippen molar-refractivity contribution in [1.29, 1.82) is 0 Å². The Morgan fingerprint density at radius 2 is 2.13 bits per heavy atom. The molecule has 1 aromatic rings. The molecule has 0 heterocycles. The second kappa shape index (κ2) is 5.12. The van der Waals surface area contributed by atoms with Gasteiger partial charge in [0.1, 0.15) is 5.67 Å². The Morgan fingerprint density at radius 1 is 1.40 bits per heavy atom. The third-order valence-electron chi connectivity index (χ3n) is 2.07. The second-order valence-electron chi connectivity index (χ2n) is 4.31. The molecule has 0 saturated heterocycles. The van der Waals surface area contributed by atoms with Gasteiger partial charge < -0.3 is 11.1 Å². The Balaban J connectivity index is 2.57. The maximum absolute atomic E-state index is 13.2. The van der Waals surface area contributed by atoms with Gasteiger partial charge in [-0.15, -0.1) is 0 Å². The average molecular weight is 210 g/mol. The molecular formula is C12H19FN2. The van der Waals surface area contributed by atoms with Crippen LogP contribution in [0, 0.1) is 0 Å². The molecule has 0 amide bonds. The van der Waals surface area contributed by atoms with E-state index in [0.717, 1.165) is 12.1 Å². The molecule has 0 aliphatic carbocycles. The highest BCUT2D eigenvalue weighted by atomic mass is 19.1. The zero-order valence-corrected chi connectivity index (χ0v) is 9.39. The molecule has 2 nitrogen and oxygen atoms in total. The second-order valence-corrected chi connectivity index (χ2v) is 4.31. The molecule has 3 N–H and O–H groups in total. The Hall–Kier alpha value is -1.09. The van der Waals surface area contributed by atoms with E-state index in [1.54, 1.807) is 13.8 Å². The Labute approximate surface area is 90.7 Å². The summed E-state index contributed by atoms with van der Waals surface area (Å²) in [7, 11) is 0. The molecule has 0 aliphatic heterocycles. The zero-order chi connectivity index (χ0) is 11.3. The van der Waals surface area contributed by atoms with Gasteiger partial charge in [0.05, 0.1) is 0 Å². The highest BCUT2D eigenvalue weighted by Crippen LogP contribution is 2.14. The standard InChI is InChI=1S/C12H19FN2/c1-12(2,13)9-15-11-5-3-4-10(8-11)6-7-14/h3-5,8,15H,6-7,9,14H2,1-2H3. The minimum atomic E-state index is -1.19. The molecule has 0 saturated carbocycles. The monoisotopic (exact) mass is 210 g/mol. The van der Waals surface area contributed by atoms with Crippen molar-refractivity contribution >= 4 is 5.69 Å². The molecule has 15 heavy (non-hydrogen) atoms. The minimum Gasteiger partial charge on any atom is -0.382 e. The van der Waals surface area contributed by atoms with Crippen molar-refractivity contribution in [2.45, 2.75) is 25.9 Å². The van der Waals surface area contributed by atoms with Crippen LogP contribution >= 0.6 is 0 Å². The van der Waals surface area contributed by atoms with Crippen molar-refractivity contribution in [2.24, 2.45) is 5.73 Å². The van der Waals surface area contributed by atoms with E-state index in [1.165, 1.54) is 5.56 Å². The van der Waals surface area contributed by atoms with E-state index in [2.05, 4.69) is 5.32 Å². The fourth-order valence-electron chi connectivity index (χ4n) is 1.32. The first kappa shape index (κ1) is 12.0. The van der Waals surface area contributed by atoms with Gasteiger partial charge >= 0.3 is 0 Å². The fraction of sp³-hybridized carbons (Fsp3) is 0.500. The fourth-order valence-corrected chi connectivity index (χ4v) is 1.32. The van der Waals surface area contributed by atoms with Gasteiger partial charge in [0.2, 0.25) is 0 Å². The molecule has 0 unspecified atom stereocenters. The number of nitrogens with two attached hydrogens (primary N) is 1. The first-order valence-corrected chi connectivity index (χ1v) is 5.23. The number of nitrogens with one attached hydrogen (secondary N) is 1. The lowest BCUT2D eigenvalue weighted by Crippen LogP contribution is -2.24. The van der Waals surface area contributed by atoms with Gasteiger partial charge in [0, 0.05) is 12.2 Å². The van der Waals surface area contributed by atoms with E-state index in [9.17, 15) is 4.39 Å². The van der Waals surface area contributed by atoms with Crippen LogP contribution in [-0.4, -0.2) is 18.8 Å². The van der Waals surface area contributed by atoms with E-state index in [1.807, 2.05) is 24.3 Å². The Morgan fingerprint density at radius 3 is 2.73 bits per heavy atom. The molecule has 0 fully saturated rings. The maximum Gasteiger partial charge on any atom is 0.122 e. The van der Waals surface area contributed by atoms with Crippen LogP contribution in [0.5, 0.6) is 0 Å². The van der Waals surface area contributed by atoms with Crippen LogP contribution in [0.3, 0.4) is 0 Å². The van der Waals surface area contributed by atoms with Crippen molar-refractivity contribution in [3.05, 3.63) is 29.8 Å². The van der Waals surface area contributed by atoms with Gasteiger partial charge in [-0.05, 0) is 44.5 Å². The SMILES string of the molecule is CC(C)(F)CNc1cccc(CCN)c1. The molecule has 0 aromatic heterocycles. The predicted molar refractivity (Wildman–Crippen MR) is 62.9 cm³/mol. The van der Waals surface area contributed by atoms with E-state index in [-0.39, 0.29) is 0 Å². The summed E-state index contributed by atoms with van der Waals surface area (Å²) in [6.45, 7) is 4.07. The number of alkyl halides is 1. The van der Waals surface area contributed by atoms with Gasteiger partial charge in [-0.3, -0.25) is 0 Å². The van der Waals surface area contributed by atoms with E-state index in [4.69, 9.17) is 5.73 Å². The quantitative estimate of drug-likeness (QED) is 0.783. The van der Waals surface area contributed by atoms with Crippen LogP contribution in [0.1, 0.15) is 19.4 Å². The molecule has 84 valence electrons. The Bertz CT molecular complexity index is 305. The van der Waals surface area contributed by atoms with Crippen LogP contribution in [0.4, 0.5) is 10.1 Å². The summed E-state index contributed by atoms with van der Waals surface area (Å²) in [5.41, 5.74) is 6.41. The molecule has 0 bridgehead atoms. The lowest BCUT2D eigenvalue weighted by atomic mass is 10.1. The van der Waals surface area contributed by atoms with Crippen molar-refractivity contribution < 1.29 is 4.39 Å². The summed E-state index contributed by atoms with van der Waals surface area (Å²) in [6.07, 6.45) is 0.856. The van der Waals surface area contributed by atoms with Gasteiger partial charge in [-0.1, -0.05) is 12.1 Å². The molecular weight excluding hydrogens is 191 g/mol. The minimum absolute atomic E-state index is 0.319. The summed E-state index contributed by atoms with van der Waals surface area (Å²) in [6, 6.07) is 7.93. The maximum atomic E-state index is 13.2. The molecule has 0 spiro atoms. The van der Waals surface area contributed by atoms with Crippen molar-refractivity contribution in [3.63, 3.8) is 0 Å². The summed E-state index contributed by atoms with van der Waals surface area (Å²) in [5.74, 6) is 0. The third-order valence-corrected chi connectivity index (χ3v) is 2.07.